The Balaban J connectivity index is 1.52. The van der Waals surface area contributed by atoms with Crippen LogP contribution >= 0.6 is 23.2 Å². The van der Waals surface area contributed by atoms with Crippen LogP contribution in [0.3, 0.4) is 0 Å². The zero-order chi connectivity index (χ0) is 23.6. The molecule has 3 nitrogen and oxygen atoms in total. The van der Waals surface area contributed by atoms with Crippen molar-refractivity contribution in [2.45, 2.75) is 32.7 Å². The average molecular weight is 488 g/mol. The van der Waals surface area contributed by atoms with Crippen LogP contribution in [0.15, 0.2) is 76.7 Å². The molecule has 5 heteroatoms. The van der Waals surface area contributed by atoms with E-state index in [1.165, 1.54) is 10.8 Å². The summed E-state index contributed by atoms with van der Waals surface area (Å²) in [6, 6.07) is 21.6. The first kappa shape index (κ1) is 21.5. The van der Waals surface area contributed by atoms with Crippen LogP contribution in [-0.2, 0) is 4.79 Å². The summed E-state index contributed by atoms with van der Waals surface area (Å²) in [6.45, 7) is 4.34. The van der Waals surface area contributed by atoms with Crippen LogP contribution < -0.4 is 5.32 Å². The van der Waals surface area contributed by atoms with Gasteiger partial charge in [0.25, 0.3) is 0 Å². The molecule has 1 aromatic heterocycles. The normalized spacial score (nSPS) is 19.1. The molecule has 1 aliphatic heterocycles. The van der Waals surface area contributed by atoms with Crippen molar-refractivity contribution in [2.75, 3.05) is 5.32 Å². The molecule has 0 saturated heterocycles. The van der Waals surface area contributed by atoms with Gasteiger partial charge in [-0.1, -0.05) is 67.4 Å². The summed E-state index contributed by atoms with van der Waals surface area (Å²) >= 11 is 12.3. The van der Waals surface area contributed by atoms with E-state index in [1.54, 1.807) is 12.1 Å². The quantitative estimate of drug-likeness (QED) is 0.307. The second kappa shape index (κ2) is 7.76. The smallest absolute Gasteiger partial charge is 0.162 e. The summed E-state index contributed by atoms with van der Waals surface area (Å²) in [5.74, 6) is 1.57. The van der Waals surface area contributed by atoms with E-state index in [9.17, 15) is 4.79 Å². The number of halogens is 2. The van der Waals surface area contributed by atoms with Gasteiger partial charge in [0, 0.05) is 28.8 Å². The molecule has 4 aromatic rings. The SMILES string of the molecule is CC1(C)CC(=O)C2=C(C1)c1c(ccc3ccccc13)N[C@H]2c1ccc(-c2ccc(Cl)c(Cl)c2)o1. The highest BCUT2D eigenvalue weighted by atomic mass is 35.5. The average Bonchev–Trinajstić information content (AvgIpc) is 3.29. The van der Waals surface area contributed by atoms with Crippen molar-refractivity contribution in [3.63, 3.8) is 0 Å². The van der Waals surface area contributed by atoms with Gasteiger partial charge >= 0.3 is 0 Å². The van der Waals surface area contributed by atoms with Crippen LogP contribution in [0.1, 0.15) is 44.1 Å². The molecule has 1 atom stereocenters. The number of carbonyl (C=O) groups excluding carboxylic acids is 1. The monoisotopic (exact) mass is 487 g/mol. The molecule has 0 fully saturated rings. The van der Waals surface area contributed by atoms with Gasteiger partial charge in [0.15, 0.2) is 5.78 Å². The molecule has 34 heavy (non-hydrogen) atoms. The lowest BCUT2D eigenvalue weighted by Crippen LogP contribution is -2.33. The topological polar surface area (TPSA) is 42.2 Å². The van der Waals surface area contributed by atoms with E-state index in [2.05, 4.69) is 49.5 Å². The first-order valence-electron chi connectivity index (χ1n) is 11.4. The number of Topliss-reactive ketones (excluding diaryl/α,β-unsaturated/α-hetero) is 1. The summed E-state index contributed by atoms with van der Waals surface area (Å²) in [5.41, 5.74) is 4.86. The van der Waals surface area contributed by atoms with Crippen molar-refractivity contribution < 1.29 is 9.21 Å². The minimum Gasteiger partial charge on any atom is -0.459 e. The third kappa shape index (κ3) is 3.46. The Hall–Kier alpha value is -3.01. The number of ketones is 1. The molecule has 0 bridgehead atoms. The second-order valence-corrected chi connectivity index (χ2v) is 10.8. The second-order valence-electron chi connectivity index (χ2n) is 9.95. The number of allylic oxidation sites excluding steroid dienone is 1. The zero-order valence-electron chi connectivity index (χ0n) is 18.9. The Morgan fingerprint density at radius 1 is 0.941 bits per heavy atom. The molecule has 2 aliphatic rings. The van der Waals surface area contributed by atoms with Crippen molar-refractivity contribution in [3.8, 4) is 11.3 Å². The number of hydrogen-bond donors (Lipinski definition) is 1. The highest BCUT2D eigenvalue weighted by Gasteiger charge is 2.41. The summed E-state index contributed by atoms with van der Waals surface area (Å²) in [6.07, 6.45) is 1.36. The van der Waals surface area contributed by atoms with E-state index in [4.69, 9.17) is 27.6 Å². The van der Waals surface area contributed by atoms with Crippen molar-refractivity contribution in [1.29, 1.82) is 0 Å². The van der Waals surface area contributed by atoms with Gasteiger partial charge in [-0.15, -0.1) is 0 Å². The highest BCUT2D eigenvalue weighted by Crippen LogP contribution is 2.52. The molecule has 6 rings (SSSR count). The molecular formula is C29H23Cl2NO2. The maximum absolute atomic E-state index is 13.6. The minimum absolute atomic E-state index is 0.0968. The number of anilines is 1. The molecule has 0 spiro atoms. The van der Waals surface area contributed by atoms with E-state index in [-0.39, 0.29) is 17.2 Å². The fourth-order valence-corrected chi connectivity index (χ4v) is 5.66. The van der Waals surface area contributed by atoms with Crippen LogP contribution in [0.5, 0.6) is 0 Å². The number of benzene rings is 3. The fourth-order valence-electron chi connectivity index (χ4n) is 5.36. The Bertz CT molecular complexity index is 1510. The van der Waals surface area contributed by atoms with E-state index in [0.29, 0.717) is 28.0 Å². The summed E-state index contributed by atoms with van der Waals surface area (Å²) in [7, 11) is 0. The molecule has 0 radical (unpaired) electrons. The van der Waals surface area contributed by atoms with E-state index in [1.807, 2.05) is 24.3 Å². The van der Waals surface area contributed by atoms with Crippen molar-refractivity contribution >= 4 is 51.0 Å². The van der Waals surface area contributed by atoms with Gasteiger partial charge in [-0.3, -0.25) is 4.79 Å². The maximum Gasteiger partial charge on any atom is 0.162 e. The largest absolute Gasteiger partial charge is 0.459 e. The number of fused-ring (bicyclic) bond motifs is 4. The number of furan rings is 1. The van der Waals surface area contributed by atoms with Crippen LogP contribution in [0, 0.1) is 5.41 Å². The lowest BCUT2D eigenvalue weighted by molar-refractivity contribution is -0.118. The molecule has 3 aromatic carbocycles. The number of nitrogens with one attached hydrogen (secondary N) is 1. The summed E-state index contributed by atoms with van der Waals surface area (Å²) in [5, 5.41) is 6.94. The van der Waals surface area contributed by atoms with Gasteiger partial charge in [0.2, 0.25) is 0 Å². The molecule has 0 amide bonds. The third-order valence-electron chi connectivity index (χ3n) is 6.85. The van der Waals surface area contributed by atoms with Gasteiger partial charge in [0.05, 0.1) is 10.0 Å². The molecule has 0 unspecified atom stereocenters. The first-order valence-corrected chi connectivity index (χ1v) is 12.2. The standard InChI is InChI=1S/C29H23Cl2NO2/c1-29(2)14-19-26-18-6-4-3-5-16(18)8-10-22(26)32-28(27(19)23(33)15-29)25-12-11-24(34-25)17-7-9-20(30)21(31)13-17/h3-13,28,32H,14-15H2,1-2H3/t28-/m0/s1. The number of hydrogen-bond acceptors (Lipinski definition) is 3. The molecule has 0 saturated carbocycles. The van der Waals surface area contributed by atoms with Crippen molar-refractivity contribution in [2.24, 2.45) is 5.41 Å². The first-order chi connectivity index (χ1) is 16.3. The zero-order valence-corrected chi connectivity index (χ0v) is 20.4. The fraction of sp³-hybridized carbons (Fsp3) is 0.207. The Labute approximate surface area is 208 Å². The lowest BCUT2D eigenvalue weighted by atomic mass is 9.68. The Kier molecular flexibility index (Phi) is 4.91. The summed E-state index contributed by atoms with van der Waals surface area (Å²) < 4.78 is 6.31. The van der Waals surface area contributed by atoms with E-state index < -0.39 is 0 Å². The van der Waals surface area contributed by atoms with E-state index >= 15 is 0 Å². The molecular weight excluding hydrogens is 465 g/mol. The van der Waals surface area contributed by atoms with Crippen LogP contribution in [-0.4, -0.2) is 5.78 Å². The highest BCUT2D eigenvalue weighted by molar-refractivity contribution is 6.42. The summed E-state index contributed by atoms with van der Waals surface area (Å²) in [4.78, 5) is 13.6. The van der Waals surface area contributed by atoms with Crippen LogP contribution in [0.4, 0.5) is 5.69 Å². The van der Waals surface area contributed by atoms with Crippen LogP contribution in [0.25, 0.3) is 27.7 Å². The molecule has 1 aliphatic carbocycles. The Morgan fingerprint density at radius 3 is 2.59 bits per heavy atom. The van der Waals surface area contributed by atoms with E-state index in [0.717, 1.165) is 34.4 Å². The Morgan fingerprint density at radius 2 is 1.76 bits per heavy atom. The molecule has 1 N–H and O–H groups in total. The lowest BCUT2D eigenvalue weighted by Gasteiger charge is -2.39. The number of rotatable bonds is 2. The van der Waals surface area contributed by atoms with Crippen molar-refractivity contribution in [3.05, 3.63) is 93.7 Å². The van der Waals surface area contributed by atoms with Gasteiger partial charge in [-0.05, 0) is 64.6 Å². The number of carbonyl (C=O) groups is 1. The van der Waals surface area contributed by atoms with Gasteiger partial charge in [-0.25, -0.2) is 0 Å². The predicted octanol–water partition coefficient (Wildman–Crippen LogP) is 8.72. The van der Waals surface area contributed by atoms with Crippen molar-refractivity contribution in [1.82, 2.24) is 0 Å². The maximum atomic E-state index is 13.6. The predicted molar refractivity (Wildman–Crippen MR) is 139 cm³/mol. The minimum atomic E-state index is -0.344. The van der Waals surface area contributed by atoms with Gasteiger partial charge in [-0.2, -0.15) is 0 Å². The third-order valence-corrected chi connectivity index (χ3v) is 7.59. The van der Waals surface area contributed by atoms with Gasteiger partial charge in [0.1, 0.15) is 17.6 Å². The van der Waals surface area contributed by atoms with Crippen LogP contribution in [0.2, 0.25) is 10.0 Å². The molecule has 170 valence electrons. The molecule has 2 heterocycles. The van der Waals surface area contributed by atoms with Gasteiger partial charge < -0.3 is 9.73 Å².